The van der Waals surface area contributed by atoms with Crippen molar-refractivity contribution in [2.75, 3.05) is 39.0 Å². The number of carbonyl (C=O) groups excluding carboxylic acids is 1. The Labute approximate surface area is 95.2 Å². The van der Waals surface area contributed by atoms with Crippen LogP contribution in [0.3, 0.4) is 0 Å². The molecule has 2 rings (SSSR count). The molecule has 1 aliphatic carbocycles. The molecule has 86 valence electrons. The summed E-state index contributed by atoms with van der Waals surface area (Å²) in [6.07, 6.45) is 4.86. The van der Waals surface area contributed by atoms with E-state index in [2.05, 4.69) is 16.9 Å². The predicted octanol–water partition coefficient (Wildman–Crippen LogP) is 0.497. The first kappa shape index (κ1) is 11.1. The van der Waals surface area contributed by atoms with Crippen molar-refractivity contribution in [1.82, 2.24) is 15.5 Å². The zero-order valence-corrected chi connectivity index (χ0v) is 10.0. The van der Waals surface area contributed by atoms with Crippen molar-refractivity contribution in [2.24, 2.45) is 0 Å². The fourth-order valence-corrected chi connectivity index (χ4v) is 2.60. The van der Waals surface area contributed by atoms with E-state index in [9.17, 15) is 4.79 Å². The minimum atomic E-state index is 0.0859. The van der Waals surface area contributed by atoms with Gasteiger partial charge in [0.1, 0.15) is 0 Å². The molecule has 0 unspecified atom stereocenters. The Morgan fingerprint density at radius 2 is 2.40 bits per heavy atom. The van der Waals surface area contributed by atoms with Gasteiger partial charge in [0, 0.05) is 37.5 Å². The molecule has 0 radical (unpaired) electrons. The normalized spacial score (nSPS) is 23.0. The van der Waals surface area contributed by atoms with Crippen LogP contribution >= 0.6 is 11.8 Å². The van der Waals surface area contributed by atoms with Gasteiger partial charge in [-0.3, -0.25) is 0 Å². The SMILES string of the molecule is CSC1(CNCCN2CCNC2=O)CC1. The molecule has 0 bridgehead atoms. The number of amides is 2. The van der Waals surface area contributed by atoms with E-state index in [1.165, 1.54) is 12.8 Å². The van der Waals surface area contributed by atoms with Crippen molar-refractivity contribution in [2.45, 2.75) is 17.6 Å². The summed E-state index contributed by atoms with van der Waals surface area (Å²) in [7, 11) is 0. The number of nitrogens with zero attached hydrogens (tertiary/aromatic N) is 1. The van der Waals surface area contributed by atoms with E-state index < -0.39 is 0 Å². The molecule has 1 heterocycles. The quantitative estimate of drug-likeness (QED) is 0.652. The van der Waals surface area contributed by atoms with E-state index >= 15 is 0 Å². The molecule has 1 aliphatic heterocycles. The van der Waals surface area contributed by atoms with Gasteiger partial charge in [-0.1, -0.05) is 0 Å². The molecule has 5 heteroatoms. The van der Waals surface area contributed by atoms with Crippen LogP contribution in [0.1, 0.15) is 12.8 Å². The van der Waals surface area contributed by atoms with Gasteiger partial charge in [0.2, 0.25) is 0 Å². The first-order chi connectivity index (χ1) is 7.26. The van der Waals surface area contributed by atoms with Crippen LogP contribution in [-0.2, 0) is 0 Å². The van der Waals surface area contributed by atoms with E-state index in [-0.39, 0.29) is 6.03 Å². The summed E-state index contributed by atoms with van der Waals surface area (Å²) in [6, 6.07) is 0.0859. The van der Waals surface area contributed by atoms with Gasteiger partial charge >= 0.3 is 6.03 Å². The molecule has 0 aromatic carbocycles. The fourth-order valence-electron chi connectivity index (χ4n) is 1.85. The molecule has 4 nitrogen and oxygen atoms in total. The highest BCUT2D eigenvalue weighted by molar-refractivity contribution is 8.00. The Balaban J connectivity index is 1.57. The molecule has 0 spiro atoms. The van der Waals surface area contributed by atoms with Crippen LogP contribution in [0.15, 0.2) is 0 Å². The lowest BCUT2D eigenvalue weighted by Crippen LogP contribution is -2.37. The van der Waals surface area contributed by atoms with Crippen LogP contribution in [0.5, 0.6) is 0 Å². The molecule has 2 aliphatic rings. The van der Waals surface area contributed by atoms with E-state index in [1.54, 1.807) is 0 Å². The van der Waals surface area contributed by atoms with E-state index in [1.807, 2.05) is 16.7 Å². The predicted molar refractivity (Wildman–Crippen MR) is 63.3 cm³/mol. The highest BCUT2D eigenvalue weighted by atomic mass is 32.2. The molecule has 0 aromatic heterocycles. The zero-order chi connectivity index (χ0) is 10.7. The molecule has 2 fully saturated rings. The van der Waals surface area contributed by atoms with E-state index in [0.717, 1.165) is 32.7 Å². The number of thioether (sulfide) groups is 1. The van der Waals surface area contributed by atoms with Gasteiger partial charge in [0.05, 0.1) is 0 Å². The molecular weight excluding hydrogens is 210 g/mol. The first-order valence-electron chi connectivity index (χ1n) is 5.54. The average molecular weight is 229 g/mol. The first-order valence-corrected chi connectivity index (χ1v) is 6.77. The second-order valence-electron chi connectivity index (χ2n) is 4.28. The topological polar surface area (TPSA) is 44.4 Å². The third-order valence-electron chi connectivity index (χ3n) is 3.19. The highest BCUT2D eigenvalue weighted by Gasteiger charge is 2.41. The van der Waals surface area contributed by atoms with Crippen LogP contribution in [0.25, 0.3) is 0 Å². The van der Waals surface area contributed by atoms with Gasteiger partial charge in [0.25, 0.3) is 0 Å². The van der Waals surface area contributed by atoms with Gasteiger partial charge in [-0.25, -0.2) is 4.79 Å². The summed E-state index contributed by atoms with van der Waals surface area (Å²) in [5.74, 6) is 0. The van der Waals surface area contributed by atoms with Crippen LogP contribution in [0.2, 0.25) is 0 Å². The molecule has 1 saturated heterocycles. The number of hydrogen-bond acceptors (Lipinski definition) is 3. The Kier molecular flexibility index (Phi) is 3.41. The summed E-state index contributed by atoms with van der Waals surface area (Å²) in [4.78, 5) is 13.1. The summed E-state index contributed by atoms with van der Waals surface area (Å²) in [5.41, 5.74) is 0. The van der Waals surface area contributed by atoms with Crippen molar-refractivity contribution in [3.8, 4) is 0 Å². The van der Waals surface area contributed by atoms with E-state index in [0.29, 0.717) is 4.75 Å². The smallest absolute Gasteiger partial charge is 0.317 e. The number of hydrogen-bond donors (Lipinski definition) is 2. The largest absolute Gasteiger partial charge is 0.336 e. The van der Waals surface area contributed by atoms with Gasteiger partial charge in [-0.2, -0.15) is 11.8 Å². The minimum Gasteiger partial charge on any atom is -0.336 e. The Bertz CT molecular complexity index is 243. The molecule has 2 N–H and O–H groups in total. The summed E-state index contributed by atoms with van der Waals surface area (Å²) < 4.78 is 0.521. The summed E-state index contributed by atoms with van der Waals surface area (Å²) in [5, 5.41) is 6.25. The lowest BCUT2D eigenvalue weighted by molar-refractivity contribution is 0.217. The Hall–Kier alpha value is -0.420. The number of nitrogens with one attached hydrogen (secondary N) is 2. The maximum absolute atomic E-state index is 11.2. The fraction of sp³-hybridized carbons (Fsp3) is 0.900. The molecular formula is C10H19N3OS. The van der Waals surface area contributed by atoms with Crippen LogP contribution < -0.4 is 10.6 Å². The lowest BCUT2D eigenvalue weighted by Gasteiger charge is -2.16. The van der Waals surface area contributed by atoms with Gasteiger partial charge in [-0.05, 0) is 19.1 Å². The molecule has 0 atom stereocenters. The number of rotatable bonds is 6. The Morgan fingerprint density at radius 1 is 1.60 bits per heavy atom. The second kappa shape index (κ2) is 4.61. The molecule has 15 heavy (non-hydrogen) atoms. The van der Waals surface area contributed by atoms with Crippen molar-refractivity contribution in [3.05, 3.63) is 0 Å². The van der Waals surface area contributed by atoms with Crippen molar-refractivity contribution in [1.29, 1.82) is 0 Å². The zero-order valence-electron chi connectivity index (χ0n) is 9.21. The number of urea groups is 1. The van der Waals surface area contributed by atoms with Crippen LogP contribution in [0, 0.1) is 0 Å². The standard InChI is InChI=1S/C10H19N3OS/c1-15-10(2-3-10)8-11-4-6-13-7-5-12-9(13)14/h11H,2-8H2,1H3,(H,12,14). The maximum Gasteiger partial charge on any atom is 0.317 e. The second-order valence-corrected chi connectivity index (χ2v) is 5.56. The summed E-state index contributed by atoms with van der Waals surface area (Å²) >= 11 is 1.97. The molecule has 2 amide bonds. The van der Waals surface area contributed by atoms with Gasteiger partial charge in [0.15, 0.2) is 0 Å². The summed E-state index contributed by atoms with van der Waals surface area (Å²) in [6.45, 7) is 4.48. The van der Waals surface area contributed by atoms with Crippen LogP contribution in [-0.4, -0.2) is 54.7 Å². The van der Waals surface area contributed by atoms with Crippen molar-refractivity contribution < 1.29 is 4.79 Å². The van der Waals surface area contributed by atoms with Crippen molar-refractivity contribution >= 4 is 17.8 Å². The average Bonchev–Trinajstić information content (AvgIpc) is 2.92. The maximum atomic E-state index is 11.2. The monoisotopic (exact) mass is 229 g/mol. The Morgan fingerprint density at radius 3 is 2.93 bits per heavy atom. The molecule has 0 aromatic rings. The third kappa shape index (κ3) is 2.78. The van der Waals surface area contributed by atoms with Gasteiger partial charge in [-0.15, -0.1) is 0 Å². The lowest BCUT2D eigenvalue weighted by atomic mass is 10.4. The molecule has 1 saturated carbocycles. The van der Waals surface area contributed by atoms with Crippen LogP contribution in [0.4, 0.5) is 4.79 Å². The van der Waals surface area contributed by atoms with Gasteiger partial charge < -0.3 is 15.5 Å². The minimum absolute atomic E-state index is 0.0859. The highest BCUT2D eigenvalue weighted by Crippen LogP contribution is 2.46. The van der Waals surface area contributed by atoms with Crippen molar-refractivity contribution in [3.63, 3.8) is 0 Å². The number of carbonyl (C=O) groups is 1. The third-order valence-corrected chi connectivity index (χ3v) is 4.61. The van der Waals surface area contributed by atoms with E-state index in [4.69, 9.17) is 0 Å².